The van der Waals surface area contributed by atoms with Gasteiger partial charge < -0.3 is 116 Å². The maximum atomic E-state index is 13.2. The van der Waals surface area contributed by atoms with Crippen LogP contribution in [0.5, 0.6) is 57.5 Å². The van der Waals surface area contributed by atoms with Crippen molar-refractivity contribution in [3.8, 4) is 99.7 Å². The Kier molecular flexibility index (Phi) is 32.1. The third-order valence-corrected chi connectivity index (χ3v) is 26.3. The molecule has 6 aliphatic heterocycles. The van der Waals surface area contributed by atoms with Crippen LogP contribution in [0.4, 0.5) is 71.3 Å². The standard InChI is InChI=1S/C27H32N4O3.C23H25F2N3O3.C23H24N2O3.C22H23N3O3.C18H18N2O3.H2/c1-3-18-8-9-25-22(14-18)28-17-26(34-25)27(33)29-21-16-24(32)20(19-6-4-5-7-19)15-23(21)31-12-10-30(2)11-13-31;1-15-7-9-18(16(12-15)6-5-11-28(3)4)27-22(29)21-14-26-19-13-17(31-23(2,24)25)8-10-20(19)30-21;1-3-15-8-9-21-19(11-15)24-13-22(28-21)23(27)25-18-12-20(26)17(10-14(18)2)16-6-4-5-7-16;1-14-8-9-15(2)25(14)18-11-10-16(12-20(18)27-3)24-22(26)21-13-23-17-6-4-5-7-19(17)28-21;21-15-9-12(7-8-13(15)11-5-6-11)20-18(22)17-10-19-14-3-1-2-4-16(14)23-17;/h1,8-9,14-16,19,26,28,32H,4-7,10-13,17H2,2H3,(H,29,33);7-10,12-13,21,26H,11,14H2,1-4H3,(H,27,29);1,8-12,16,22,24,26H,4-7,13H2,2H3,(H,25,27);4-12,21,23H,13H2,1-3H3,(H,24,26);1-4,7-9,11,17,19,21H,5-6,10H2,(H,20,22);1H/t;;22-;;;/m..0.../s1. The highest BCUT2D eigenvalue weighted by atomic mass is 19.3. The molecule has 0 bridgehead atoms. The monoisotopic (exact) mass is 1950 g/mol. The van der Waals surface area contributed by atoms with Crippen molar-refractivity contribution < 1.29 is 82.7 Å². The molecule has 1 saturated heterocycles. The quantitative estimate of drug-likeness (QED) is 0.0334. The smallest absolute Gasteiger partial charge is 0.394 e. The summed E-state index contributed by atoms with van der Waals surface area (Å²) in [4.78, 5) is 70.3. The molecular weight excluding hydrogens is 1830 g/mol. The zero-order valence-electron chi connectivity index (χ0n) is 82.2. The van der Waals surface area contributed by atoms with Gasteiger partial charge in [0.05, 0.1) is 97.6 Å². The van der Waals surface area contributed by atoms with E-state index in [1.54, 1.807) is 49.6 Å². The van der Waals surface area contributed by atoms with Gasteiger partial charge in [-0.05, 0) is 254 Å². The molecule has 31 heteroatoms. The number of methoxy groups -OCH3 is 1. The molecule has 5 amide bonds. The number of phenols is 3. The molecule has 7 heterocycles. The number of aromatic hydroxyl groups is 3. The Balaban J connectivity index is 0.000000137. The molecule has 9 aliphatic rings. The van der Waals surface area contributed by atoms with E-state index in [0.717, 1.165) is 155 Å². The zero-order valence-corrected chi connectivity index (χ0v) is 82.2. The summed E-state index contributed by atoms with van der Waals surface area (Å²) in [6.45, 7) is 14.6. The van der Waals surface area contributed by atoms with Crippen LogP contribution in [0, 0.1) is 64.2 Å². The molecule has 4 unspecified atom stereocenters. The lowest BCUT2D eigenvalue weighted by molar-refractivity contribution is -0.159. The van der Waals surface area contributed by atoms with Crippen molar-refractivity contribution in [3.05, 3.63) is 250 Å². The minimum atomic E-state index is -3.28. The van der Waals surface area contributed by atoms with Crippen LogP contribution in [0.1, 0.15) is 146 Å². The minimum Gasteiger partial charge on any atom is -0.508 e. The number of anilines is 11. The first-order chi connectivity index (χ1) is 69.4. The first-order valence-corrected chi connectivity index (χ1v) is 48.7. The highest BCUT2D eigenvalue weighted by Gasteiger charge is 2.36. The van der Waals surface area contributed by atoms with Crippen molar-refractivity contribution in [1.82, 2.24) is 14.4 Å². The fraction of sp³-hybridized carbons (Fsp3) is 0.336. The number of nitrogens with zero attached hydrogens (tertiary/aromatic N) is 4. The van der Waals surface area contributed by atoms with Crippen molar-refractivity contribution in [1.29, 1.82) is 0 Å². The summed E-state index contributed by atoms with van der Waals surface area (Å²) in [7, 11) is 7.62. The normalized spacial score (nSPS) is 17.8. The molecule has 11 aromatic rings. The number of phenolic OH excluding ortho intramolecular Hbond substituents is 3. The molecular formula is C113H124F2N14O15. The Morgan fingerprint density at radius 2 is 0.903 bits per heavy atom. The van der Waals surface area contributed by atoms with Gasteiger partial charge in [0, 0.05) is 110 Å². The highest BCUT2D eigenvalue weighted by Crippen LogP contribution is 2.48. The van der Waals surface area contributed by atoms with E-state index >= 15 is 0 Å². The van der Waals surface area contributed by atoms with E-state index in [4.69, 9.17) is 41.3 Å². The van der Waals surface area contributed by atoms with Gasteiger partial charge in [0.2, 0.25) is 0 Å². The Morgan fingerprint density at radius 1 is 0.465 bits per heavy atom. The van der Waals surface area contributed by atoms with Crippen molar-refractivity contribution in [2.75, 3.05) is 152 Å². The number of carbonyl (C=O) groups is 5. The topological polar surface area (TPSA) is 346 Å². The number of halogens is 2. The average Bonchev–Trinajstić information content (AvgIpc) is 1.48. The average molecular weight is 1960 g/mol. The molecule has 29 nitrogen and oxygen atoms in total. The number of aryl methyl sites for hydroxylation is 4. The lowest BCUT2D eigenvalue weighted by Crippen LogP contribution is -2.45. The van der Waals surface area contributed by atoms with Gasteiger partial charge in [-0.3, -0.25) is 28.9 Å². The predicted molar refractivity (Wildman–Crippen MR) is 561 cm³/mol. The molecule has 4 fully saturated rings. The molecule has 20 rings (SSSR count). The molecule has 144 heavy (non-hydrogen) atoms. The first-order valence-electron chi connectivity index (χ1n) is 48.7. The lowest BCUT2D eigenvalue weighted by Gasteiger charge is -2.36. The number of piperazine rings is 1. The van der Waals surface area contributed by atoms with Crippen LogP contribution in [-0.2, 0) is 24.0 Å². The van der Waals surface area contributed by atoms with Crippen LogP contribution >= 0.6 is 0 Å². The van der Waals surface area contributed by atoms with Gasteiger partial charge in [-0.25, -0.2) is 0 Å². The highest BCUT2D eigenvalue weighted by molar-refractivity contribution is 6.01. The second-order valence-electron chi connectivity index (χ2n) is 37.5. The van der Waals surface area contributed by atoms with Crippen LogP contribution in [0.2, 0.25) is 0 Å². The minimum absolute atomic E-state index is 0. The Labute approximate surface area is 839 Å². The summed E-state index contributed by atoms with van der Waals surface area (Å²) in [6, 6.07) is 58.4. The number of carbonyl (C=O) groups excluding carboxylic acids is 5. The molecule has 3 saturated carbocycles. The molecule has 13 N–H and O–H groups in total. The van der Waals surface area contributed by atoms with E-state index in [0.29, 0.717) is 126 Å². The Hall–Kier alpha value is -15.9. The summed E-state index contributed by atoms with van der Waals surface area (Å²) in [5, 5.41) is 61.9. The maximum absolute atomic E-state index is 13.2. The molecule has 750 valence electrons. The summed E-state index contributed by atoms with van der Waals surface area (Å²) >= 11 is 0. The zero-order chi connectivity index (χ0) is 101. The molecule has 0 radical (unpaired) electrons. The number of aromatic nitrogens is 1. The number of terminal acetylenes is 2. The number of ether oxygens (including phenoxy) is 7. The van der Waals surface area contributed by atoms with Gasteiger partial charge in [-0.2, -0.15) is 8.78 Å². The van der Waals surface area contributed by atoms with Crippen LogP contribution in [0.3, 0.4) is 0 Å². The summed E-state index contributed by atoms with van der Waals surface area (Å²) in [5.74, 6) is 15.7. The van der Waals surface area contributed by atoms with Crippen molar-refractivity contribution in [2.24, 2.45) is 0 Å². The second kappa shape index (κ2) is 45.8. The number of para-hydroxylation sites is 4. The molecule has 0 spiro atoms. The number of amides is 5. The number of benzene rings is 10. The third-order valence-electron chi connectivity index (χ3n) is 26.3. The van der Waals surface area contributed by atoms with Gasteiger partial charge in [-0.15, -0.1) is 12.8 Å². The maximum Gasteiger partial charge on any atom is 0.394 e. The summed E-state index contributed by atoms with van der Waals surface area (Å²) in [5.41, 5.74) is 18.2. The number of nitrogens with one attached hydrogen (secondary N) is 10. The van der Waals surface area contributed by atoms with Crippen LogP contribution < -0.4 is 91.2 Å². The predicted octanol–water partition coefficient (Wildman–Crippen LogP) is 18.7. The SMILES string of the molecule is C#Cc1ccc2c(c1)NCC(C(=O)Nc1cc(O)c(C3CCCC3)cc1N1CCN(C)CC1)O2.C#Cc1ccc2c(c1)NC[C@@H](C(=O)Nc1cc(O)c(C3CCCC3)cc1C)O2.COc1cc(NC(=O)C2CNc3ccccc3O2)ccc1-n1c(C)ccc1C.Cc1ccc(NC(=O)C2CNc3cc(OC(C)(F)F)ccc3O2)c(C#CCN(C)C)c1.O=C(Nc1ccc(C2CC2)c(O)c1)C1CNc2ccccc2O1.[HH]. The number of alkyl halides is 2. The fourth-order valence-electron chi connectivity index (χ4n) is 18.5. The van der Waals surface area contributed by atoms with E-state index in [-0.39, 0.29) is 60.5 Å². The van der Waals surface area contributed by atoms with Gasteiger partial charge in [0.1, 0.15) is 57.5 Å². The summed E-state index contributed by atoms with van der Waals surface area (Å²) in [6.07, 6.45) is 15.7. The van der Waals surface area contributed by atoms with Gasteiger partial charge >= 0.3 is 6.11 Å². The Bertz CT molecular complexity index is 6700. The van der Waals surface area contributed by atoms with E-state index in [9.17, 15) is 48.1 Å². The van der Waals surface area contributed by atoms with Gasteiger partial charge in [-0.1, -0.05) is 91.8 Å². The third kappa shape index (κ3) is 25.5. The number of rotatable bonds is 19. The van der Waals surface area contributed by atoms with Crippen molar-refractivity contribution in [2.45, 2.75) is 153 Å². The van der Waals surface area contributed by atoms with E-state index in [1.165, 1.54) is 43.9 Å². The van der Waals surface area contributed by atoms with E-state index < -0.39 is 36.6 Å². The Morgan fingerprint density at radius 3 is 1.40 bits per heavy atom. The number of hydrogen-bond acceptors (Lipinski definition) is 23. The second-order valence-corrected chi connectivity index (χ2v) is 37.5. The number of likely N-dealkylation sites (N-methyl/N-ethyl adjacent to an activating group) is 1. The van der Waals surface area contributed by atoms with Crippen LogP contribution in [-0.4, -0.2) is 190 Å². The van der Waals surface area contributed by atoms with E-state index in [1.807, 2.05) is 162 Å². The molecule has 10 aromatic carbocycles. The number of hydrogen-bond donors (Lipinski definition) is 13. The lowest BCUT2D eigenvalue weighted by atomic mass is 9.94. The van der Waals surface area contributed by atoms with Gasteiger partial charge in [0.25, 0.3) is 29.5 Å². The van der Waals surface area contributed by atoms with Crippen molar-refractivity contribution in [3.63, 3.8) is 0 Å². The molecule has 3 aliphatic carbocycles. The van der Waals surface area contributed by atoms with Crippen LogP contribution in [0.25, 0.3) is 5.69 Å². The fourth-order valence-corrected chi connectivity index (χ4v) is 18.5. The molecule has 5 atom stereocenters. The van der Waals surface area contributed by atoms with Gasteiger partial charge in [0.15, 0.2) is 30.5 Å². The molecule has 1 aromatic heterocycles. The summed E-state index contributed by atoms with van der Waals surface area (Å²) < 4.78 is 67.5. The first kappa shape index (κ1) is 101. The van der Waals surface area contributed by atoms with Crippen LogP contribution in [0.15, 0.2) is 194 Å². The largest absolute Gasteiger partial charge is 0.508 e. The number of fused-ring (bicyclic) bond motifs is 5. The van der Waals surface area contributed by atoms with Crippen molar-refractivity contribution >= 4 is 92.1 Å². The van der Waals surface area contributed by atoms with E-state index in [2.05, 4.69) is 121 Å².